The van der Waals surface area contributed by atoms with Crippen LogP contribution in [-0.2, 0) is 16.0 Å². The topological polar surface area (TPSA) is 53.7 Å². The van der Waals surface area contributed by atoms with Gasteiger partial charge in [-0.05, 0) is 30.6 Å². The van der Waals surface area contributed by atoms with Gasteiger partial charge in [-0.2, -0.15) is 0 Å². The van der Waals surface area contributed by atoms with Gasteiger partial charge in [-0.25, -0.2) is 0 Å². The highest BCUT2D eigenvalue weighted by Crippen LogP contribution is 2.32. The summed E-state index contributed by atoms with van der Waals surface area (Å²) in [6, 6.07) is 10.1. The van der Waals surface area contributed by atoms with Crippen molar-refractivity contribution in [2.75, 3.05) is 19.9 Å². The molecule has 0 radical (unpaired) electrons. The van der Waals surface area contributed by atoms with Gasteiger partial charge in [0, 0.05) is 7.05 Å². The molecule has 0 saturated carbocycles. The lowest BCUT2D eigenvalue weighted by molar-refractivity contribution is -0.118. The second kappa shape index (κ2) is 7.00. The van der Waals surface area contributed by atoms with Crippen molar-refractivity contribution in [2.24, 2.45) is 0 Å². The Kier molecular flexibility index (Phi) is 5.31. The van der Waals surface area contributed by atoms with Gasteiger partial charge < -0.3 is 15.4 Å². The Labute approximate surface area is 130 Å². The lowest BCUT2D eigenvalue weighted by Gasteiger charge is -2.23. The predicted octanol–water partition coefficient (Wildman–Crippen LogP) is 1.93. The van der Waals surface area contributed by atoms with Crippen LogP contribution in [0.3, 0.4) is 0 Å². The van der Waals surface area contributed by atoms with E-state index in [0.717, 1.165) is 6.42 Å². The molecule has 2 N–H and O–H groups in total. The Hall–Kier alpha value is -1.46. The van der Waals surface area contributed by atoms with Crippen LogP contribution in [0.25, 0.3) is 0 Å². The first-order chi connectivity index (χ1) is 10.1. The third kappa shape index (κ3) is 4.25. The zero-order valence-corrected chi connectivity index (χ0v) is 13.5. The molecule has 1 heterocycles. The monoisotopic (exact) mass is 306 g/mol. The summed E-state index contributed by atoms with van der Waals surface area (Å²) in [5, 5.41) is 7.84. The summed E-state index contributed by atoms with van der Waals surface area (Å²) < 4.78 is 5.54. The van der Waals surface area contributed by atoms with Crippen LogP contribution in [0.4, 0.5) is 0 Å². The summed E-state index contributed by atoms with van der Waals surface area (Å²) in [6.07, 6.45) is 2.69. The molecule has 0 aliphatic carbocycles. The number of likely N-dealkylation sites (N-methyl/N-ethyl adjacent to an activating group) is 1. The van der Waals surface area contributed by atoms with Gasteiger partial charge >= 0.3 is 0 Å². The molecule has 4 nitrogen and oxygen atoms in total. The maximum absolute atomic E-state index is 12.3. The van der Waals surface area contributed by atoms with E-state index in [9.17, 15) is 4.79 Å². The van der Waals surface area contributed by atoms with Crippen molar-refractivity contribution in [1.29, 1.82) is 0 Å². The molecular formula is C16H22N2O2S. The van der Waals surface area contributed by atoms with E-state index in [0.29, 0.717) is 12.3 Å². The number of carbonyl (C=O) groups excluding carboxylic acids is 1. The van der Waals surface area contributed by atoms with E-state index in [4.69, 9.17) is 4.74 Å². The molecule has 21 heavy (non-hydrogen) atoms. The summed E-state index contributed by atoms with van der Waals surface area (Å²) in [6.45, 7) is 2.73. The van der Waals surface area contributed by atoms with Crippen LogP contribution in [0.15, 0.2) is 41.4 Å². The maximum Gasteiger partial charge on any atom is 0.268 e. The minimum absolute atomic E-state index is 0.0361. The fraction of sp³-hybridized carbons (Fsp3) is 0.438. The smallest absolute Gasteiger partial charge is 0.268 e. The van der Waals surface area contributed by atoms with Crippen molar-refractivity contribution in [2.45, 2.75) is 25.0 Å². The van der Waals surface area contributed by atoms with Gasteiger partial charge in [0.1, 0.15) is 11.3 Å². The van der Waals surface area contributed by atoms with E-state index in [-0.39, 0.29) is 17.6 Å². The first-order valence-electron chi connectivity index (χ1n) is 6.98. The maximum atomic E-state index is 12.3. The van der Waals surface area contributed by atoms with E-state index >= 15 is 0 Å². The van der Waals surface area contributed by atoms with Gasteiger partial charge in [0.25, 0.3) is 5.91 Å². The Bertz CT molecular complexity index is 512. The molecule has 1 aliphatic rings. The van der Waals surface area contributed by atoms with Crippen molar-refractivity contribution in [1.82, 2.24) is 10.6 Å². The van der Waals surface area contributed by atoms with Crippen molar-refractivity contribution in [3.8, 4) is 0 Å². The molecule has 0 bridgehead atoms. The fourth-order valence-electron chi connectivity index (χ4n) is 2.16. The predicted molar refractivity (Wildman–Crippen MR) is 87.1 cm³/mol. The zero-order chi connectivity index (χ0) is 15.3. The summed E-state index contributed by atoms with van der Waals surface area (Å²) >= 11 is 1.50. The normalized spacial score (nSPS) is 22.5. The van der Waals surface area contributed by atoms with Crippen LogP contribution >= 0.6 is 11.8 Å². The van der Waals surface area contributed by atoms with Crippen LogP contribution < -0.4 is 10.6 Å². The molecule has 114 valence electrons. The molecule has 1 amide bonds. The first kappa shape index (κ1) is 15.9. The van der Waals surface area contributed by atoms with E-state index < -0.39 is 0 Å². The molecule has 5 heteroatoms. The number of thioether (sulfide) groups is 1. The molecule has 2 atom stereocenters. The summed E-state index contributed by atoms with van der Waals surface area (Å²) in [7, 11) is 1.75. The molecule has 1 unspecified atom stereocenters. The average Bonchev–Trinajstić information content (AvgIpc) is 3.24. The molecule has 1 aromatic rings. The summed E-state index contributed by atoms with van der Waals surface area (Å²) in [5.41, 5.74) is 1.51. The van der Waals surface area contributed by atoms with Gasteiger partial charge in [0.2, 0.25) is 0 Å². The van der Waals surface area contributed by atoms with Gasteiger partial charge in [-0.3, -0.25) is 4.79 Å². The molecular weight excluding hydrogens is 284 g/mol. The number of hydrogen-bond donors (Lipinski definition) is 2. The zero-order valence-electron chi connectivity index (χ0n) is 12.7. The van der Waals surface area contributed by atoms with Gasteiger partial charge in [0.05, 0.1) is 12.6 Å². The summed E-state index contributed by atoms with van der Waals surface area (Å²) in [4.78, 5) is 12.3. The van der Waals surface area contributed by atoms with E-state index in [2.05, 4.69) is 22.8 Å². The highest BCUT2D eigenvalue weighted by Gasteiger charge is 2.47. The third-order valence-corrected chi connectivity index (χ3v) is 4.15. The quantitative estimate of drug-likeness (QED) is 0.597. The van der Waals surface area contributed by atoms with Crippen molar-refractivity contribution >= 4 is 17.7 Å². The van der Waals surface area contributed by atoms with Crippen LogP contribution in [0, 0.1) is 0 Å². The Balaban J connectivity index is 2.07. The second-order valence-corrected chi connectivity index (χ2v) is 6.04. The Morgan fingerprint density at radius 2 is 2.14 bits per heavy atom. The number of rotatable bonds is 7. The minimum Gasteiger partial charge on any atom is -0.383 e. The van der Waals surface area contributed by atoms with Crippen LogP contribution in [0.2, 0.25) is 0 Å². The highest BCUT2D eigenvalue weighted by molar-refractivity contribution is 8.01. The molecule has 1 aromatic carbocycles. The lowest BCUT2D eigenvalue weighted by atomic mass is 9.95. The average molecular weight is 306 g/mol. The Morgan fingerprint density at radius 1 is 1.48 bits per heavy atom. The molecule has 1 fully saturated rings. The fourth-order valence-corrected chi connectivity index (χ4v) is 2.62. The number of nitrogens with one attached hydrogen (secondary N) is 2. The SMILES string of the molecule is CN/C(=C\SC)C(=O)N[C@@H](Cc1ccccc1)C1(C)CO1. The number of hydrogen-bond acceptors (Lipinski definition) is 4. The number of amides is 1. The Morgan fingerprint density at radius 3 is 2.67 bits per heavy atom. The van der Waals surface area contributed by atoms with Crippen molar-refractivity contribution in [3.05, 3.63) is 47.0 Å². The van der Waals surface area contributed by atoms with Gasteiger partial charge in [-0.1, -0.05) is 30.3 Å². The van der Waals surface area contributed by atoms with E-state index in [1.807, 2.05) is 36.8 Å². The second-order valence-electron chi connectivity index (χ2n) is 5.33. The molecule has 2 rings (SSSR count). The third-order valence-electron chi connectivity index (χ3n) is 3.67. The molecule has 1 saturated heterocycles. The van der Waals surface area contributed by atoms with Crippen LogP contribution in [0.5, 0.6) is 0 Å². The number of ether oxygens (including phenoxy) is 1. The van der Waals surface area contributed by atoms with Gasteiger partial charge in [0.15, 0.2) is 0 Å². The van der Waals surface area contributed by atoms with E-state index in [1.165, 1.54) is 17.3 Å². The lowest BCUT2D eigenvalue weighted by Crippen LogP contribution is -2.47. The number of carbonyl (C=O) groups is 1. The van der Waals surface area contributed by atoms with E-state index in [1.54, 1.807) is 7.05 Å². The standard InChI is InChI=1S/C16H22N2O2S/c1-16(11-20-16)14(9-12-7-5-4-6-8-12)18-15(19)13(17-2)10-21-3/h4-8,10,14,17H,9,11H2,1-3H3,(H,18,19)/b13-10-/t14-,16?/m0/s1. The van der Waals surface area contributed by atoms with Crippen LogP contribution in [0.1, 0.15) is 12.5 Å². The first-order valence-corrected chi connectivity index (χ1v) is 8.27. The van der Waals surface area contributed by atoms with Crippen LogP contribution in [-0.4, -0.2) is 37.5 Å². The largest absolute Gasteiger partial charge is 0.383 e. The summed E-state index contributed by atoms with van der Waals surface area (Å²) in [5.74, 6) is -0.0930. The van der Waals surface area contributed by atoms with Gasteiger partial charge in [-0.15, -0.1) is 11.8 Å². The highest BCUT2D eigenvalue weighted by atomic mass is 32.2. The van der Waals surface area contributed by atoms with Crippen molar-refractivity contribution in [3.63, 3.8) is 0 Å². The molecule has 0 aromatic heterocycles. The molecule has 1 aliphatic heterocycles. The number of epoxide rings is 1. The number of benzene rings is 1. The molecule has 0 spiro atoms. The minimum atomic E-state index is -0.260. The van der Waals surface area contributed by atoms with Crippen molar-refractivity contribution < 1.29 is 9.53 Å².